The van der Waals surface area contributed by atoms with E-state index in [2.05, 4.69) is 15.8 Å². The molecule has 2 N–H and O–H groups in total. The molecular weight excluding hydrogens is 276 g/mol. The summed E-state index contributed by atoms with van der Waals surface area (Å²) in [5.41, 5.74) is 5.89. The Hall–Kier alpha value is -2.28. The SMILES string of the molecule is CSc1ncc(C(=O)NNC=O)n1Cc1ccccc1. The Morgan fingerprint density at radius 1 is 1.40 bits per heavy atom. The van der Waals surface area contributed by atoms with Gasteiger partial charge >= 0.3 is 0 Å². The minimum atomic E-state index is -0.402. The molecule has 0 radical (unpaired) electrons. The fourth-order valence-electron chi connectivity index (χ4n) is 1.78. The second kappa shape index (κ2) is 6.76. The third-order valence-corrected chi connectivity index (χ3v) is 3.35. The summed E-state index contributed by atoms with van der Waals surface area (Å²) in [5, 5.41) is 0.741. The molecule has 0 bridgehead atoms. The van der Waals surface area contributed by atoms with Crippen molar-refractivity contribution < 1.29 is 9.59 Å². The molecule has 2 rings (SSSR count). The van der Waals surface area contributed by atoms with Crippen LogP contribution in [0.3, 0.4) is 0 Å². The number of carbonyl (C=O) groups is 2. The molecule has 1 heterocycles. The Labute approximate surface area is 120 Å². The molecule has 20 heavy (non-hydrogen) atoms. The van der Waals surface area contributed by atoms with Gasteiger partial charge < -0.3 is 4.57 Å². The summed E-state index contributed by atoms with van der Waals surface area (Å²) in [7, 11) is 0. The summed E-state index contributed by atoms with van der Waals surface area (Å²) in [6.45, 7) is 0.543. The summed E-state index contributed by atoms with van der Waals surface area (Å²) >= 11 is 1.46. The van der Waals surface area contributed by atoms with E-state index in [9.17, 15) is 9.59 Å². The van der Waals surface area contributed by atoms with E-state index < -0.39 is 5.91 Å². The quantitative estimate of drug-likeness (QED) is 0.473. The van der Waals surface area contributed by atoms with Crippen molar-refractivity contribution in [2.75, 3.05) is 6.26 Å². The third-order valence-electron chi connectivity index (χ3n) is 2.66. The first-order chi connectivity index (χ1) is 9.76. The van der Waals surface area contributed by atoms with Crippen LogP contribution < -0.4 is 10.9 Å². The second-order valence-corrected chi connectivity index (χ2v) is 4.69. The summed E-state index contributed by atoms with van der Waals surface area (Å²) in [6, 6.07) is 9.79. The second-order valence-electron chi connectivity index (χ2n) is 3.92. The molecule has 0 aliphatic heterocycles. The number of rotatable bonds is 6. The lowest BCUT2D eigenvalue weighted by Gasteiger charge is -2.10. The van der Waals surface area contributed by atoms with Gasteiger partial charge in [-0.25, -0.2) is 4.98 Å². The van der Waals surface area contributed by atoms with Crippen molar-refractivity contribution in [2.45, 2.75) is 11.7 Å². The molecule has 0 saturated carbocycles. The summed E-state index contributed by atoms with van der Waals surface area (Å²) < 4.78 is 1.81. The van der Waals surface area contributed by atoms with E-state index in [1.165, 1.54) is 18.0 Å². The first-order valence-corrected chi connectivity index (χ1v) is 7.11. The van der Waals surface area contributed by atoms with Crippen molar-refractivity contribution in [3.05, 3.63) is 47.8 Å². The first-order valence-electron chi connectivity index (χ1n) is 5.89. The lowest BCUT2D eigenvalue weighted by Crippen LogP contribution is -2.37. The molecule has 2 aromatic rings. The van der Waals surface area contributed by atoms with Crippen LogP contribution >= 0.6 is 11.8 Å². The molecule has 7 heteroatoms. The summed E-state index contributed by atoms with van der Waals surface area (Å²) in [4.78, 5) is 26.4. The van der Waals surface area contributed by atoms with E-state index in [-0.39, 0.29) is 0 Å². The lowest BCUT2D eigenvalue weighted by atomic mass is 10.2. The van der Waals surface area contributed by atoms with Crippen LogP contribution in [0.5, 0.6) is 0 Å². The maximum absolute atomic E-state index is 11.9. The largest absolute Gasteiger partial charge is 0.310 e. The van der Waals surface area contributed by atoms with E-state index in [0.717, 1.165) is 10.7 Å². The number of nitrogens with zero attached hydrogens (tertiary/aromatic N) is 2. The Bertz CT molecular complexity index is 598. The Morgan fingerprint density at radius 2 is 2.15 bits per heavy atom. The minimum Gasteiger partial charge on any atom is -0.310 e. The highest BCUT2D eigenvalue weighted by atomic mass is 32.2. The van der Waals surface area contributed by atoms with Gasteiger partial charge in [-0.05, 0) is 11.8 Å². The normalized spacial score (nSPS) is 10.1. The van der Waals surface area contributed by atoms with Crippen LogP contribution in [0.2, 0.25) is 0 Å². The molecule has 0 aliphatic rings. The van der Waals surface area contributed by atoms with Gasteiger partial charge in [0.15, 0.2) is 5.16 Å². The summed E-state index contributed by atoms with van der Waals surface area (Å²) in [5.74, 6) is -0.402. The highest BCUT2D eigenvalue weighted by molar-refractivity contribution is 7.98. The molecule has 1 aromatic carbocycles. The monoisotopic (exact) mass is 290 g/mol. The maximum atomic E-state index is 11.9. The molecule has 1 aromatic heterocycles. The van der Waals surface area contributed by atoms with Gasteiger partial charge in [0.25, 0.3) is 5.91 Å². The Kier molecular flexibility index (Phi) is 4.78. The summed E-state index contributed by atoms with van der Waals surface area (Å²) in [6.07, 6.45) is 3.80. The molecule has 0 unspecified atom stereocenters. The number of hydrogen-bond acceptors (Lipinski definition) is 4. The van der Waals surface area contributed by atoms with Crippen LogP contribution in [0, 0.1) is 0 Å². The van der Waals surface area contributed by atoms with Crippen LogP contribution in [0.4, 0.5) is 0 Å². The van der Waals surface area contributed by atoms with Crippen molar-refractivity contribution in [1.82, 2.24) is 20.4 Å². The van der Waals surface area contributed by atoms with Gasteiger partial charge in [-0.2, -0.15) is 0 Å². The van der Waals surface area contributed by atoms with Crippen molar-refractivity contribution in [3.8, 4) is 0 Å². The smallest absolute Gasteiger partial charge is 0.287 e. The molecule has 0 aliphatic carbocycles. The van der Waals surface area contributed by atoms with Gasteiger partial charge in [0.2, 0.25) is 6.41 Å². The van der Waals surface area contributed by atoms with E-state index in [1.807, 2.05) is 41.2 Å². The van der Waals surface area contributed by atoms with Gasteiger partial charge in [-0.1, -0.05) is 42.1 Å². The van der Waals surface area contributed by atoms with Gasteiger partial charge in [-0.3, -0.25) is 20.4 Å². The van der Waals surface area contributed by atoms with Gasteiger partial charge in [0, 0.05) is 0 Å². The third kappa shape index (κ3) is 3.18. The Balaban J connectivity index is 2.27. The van der Waals surface area contributed by atoms with Crippen LogP contribution in [0.1, 0.15) is 16.1 Å². The molecule has 0 spiro atoms. The van der Waals surface area contributed by atoms with Gasteiger partial charge in [-0.15, -0.1) is 0 Å². The van der Waals surface area contributed by atoms with Crippen LogP contribution in [0.25, 0.3) is 0 Å². The standard InChI is InChI=1S/C13H14N4O2S/c1-20-13-14-7-11(12(19)16-15-9-18)17(13)8-10-5-3-2-4-6-10/h2-7,9H,8H2,1H3,(H,15,18)(H,16,19). The lowest BCUT2D eigenvalue weighted by molar-refractivity contribution is -0.110. The number of thioether (sulfide) groups is 1. The zero-order valence-corrected chi connectivity index (χ0v) is 11.7. The predicted octanol–water partition coefficient (Wildman–Crippen LogP) is 1.04. The van der Waals surface area contributed by atoms with Crippen molar-refractivity contribution in [3.63, 3.8) is 0 Å². The van der Waals surface area contributed by atoms with E-state index in [1.54, 1.807) is 0 Å². The fourth-order valence-corrected chi connectivity index (χ4v) is 2.32. The highest BCUT2D eigenvalue weighted by Crippen LogP contribution is 2.17. The van der Waals surface area contributed by atoms with Crippen molar-refractivity contribution in [1.29, 1.82) is 0 Å². The molecule has 104 valence electrons. The number of amides is 2. The number of imidazole rings is 1. The molecule has 0 fully saturated rings. The number of carbonyl (C=O) groups excluding carboxylic acids is 2. The number of nitrogens with one attached hydrogen (secondary N) is 2. The van der Waals surface area contributed by atoms with Gasteiger partial charge in [0.05, 0.1) is 12.7 Å². The molecule has 0 atom stereocenters. The van der Waals surface area contributed by atoms with Gasteiger partial charge in [0.1, 0.15) is 5.69 Å². The van der Waals surface area contributed by atoms with Crippen LogP contribution in [0.15, 0.2) is 41.7 Å². The van der Waals surface area contributed by atoms with Crippen molar-refractivity contribution in [2.24, 2.45) is 0 Å². The zero-order chi connectivity index (χ0) is 14.4. The molecule has 0 saturated heterocycles. The first kappa shape index (κ1) is 14.1. The van der Waals surface area contributed by atoms with E-state index in [0.29, 0.717) is 18.6 Å². The highest BCUT2D eigenvalue weighted by Gasteiger charge is 2.16. The van der Waals surface area contributed by atoms with E-state index >= 15 is 0 Å². The maximum Gasteiger partial charge on any atom is 0.287 e. The zero-order valence-electron chi connectivity index (χ0n) is 10.9. The van der Waals surface area contributed by atoms with Crippen molar-refractivity contribution >= 4 is 24.1 Å². The van der Waals surface area contributed by atoms with E-state index in [4.69, 9.17) is 0 Å². The average Bonchev–Trinajstić information content (AvgIpc) is 2.88. The topological polar surface area (TPSA) is 76.0 Å². The number of benzene rings is 1. The number of hydrazine groups is 1. The Morgan fingerprint density at radius 3 is 2.80 bits per heavy atom. The van der Waals surface area contributed by atoms with Crippen LogP contribution in [-0.4, -0.2) is 28.1 Å². The number of aromatic nitrogens is 2. The fraction of sp³-hybridized carbons (Fsp3) is 0.154. The molecular formula is C13H14N4O2S. The van der Waals surface area contributed by atoms with Crippen LogP contribution in [-0.2, 0) is 11.3 Å². The molecule has 2 amide bonds. The minimum absolute atomic E-state index is 0.396. The predicted molar refractivity (Wildman–Crippen MR) is 76.2 cm³/mol. The molecule has 6 nitrogen and oxygen atoms in total. The average molecular weight is 290 g/mol. The number of hydrogen-bond donors (Lipinski definition) is 2.